The van der Waals surface area contributed by atoms with E-state index in [1.807, 2.05) is 4.90 Å². The zero-order valence-corrected chi connectivity index (χ0v) is 11.5. The number of halogens is 2. The highest BCUT2D eigenvalue weighted by atomic mass is 19.3. The van der Waals surface area contributed by atoms with Crippen LogP contribution < -0.4 is 10.2 Å². The van der Waals surface area contributed by atoms with Crippen molar-refractivity contribution in [3.8, 4) is 0 Å². The van der Waals surface area contributed by atoms with Gasteiger partial charge in [0.05, 0.1) is 0 Å². The molecular formula is C15H16F2N4. The number of aromatic nitrogens is 2. The van der Waals surface area contributed by atoms with Gasteiger partial charge in [0.15, 0.2) is 0 Å². The Morgan fingerprint density at radius 3 is 2.48 bits per heavy atom. The standard InChI is InChI=1S/C15H16F2N4/c16-15(17,12-4-2-1-3-5-12)13-6-7-19-14(20-13)21-10-8-18-9-11-21/h1-7,18H,8-11H2. The maximum Gasteiger partial charge on any atom is 0.315 e. The number of alkyl halides is 2. The second-order valence-electron chi connectivity index (χ2n) is 4.92. The van der Waals surface area contributed by atoms with Crippen LogP contribution in [0, 0.1) is 0 Å². The molecule has 3 rings (SSSR count). The molecule has 110 valence electrons. The minimum atomic E-state index is -3.12. The zero-order chi connectivity index (χ0) is 14.7. The molecule has 0 unspecified atom stereocenters. The number of hydrogen-bond donors (Lipinski definition) is 1. The lowest BCUT2D eigenvalue weighted by molar-refractivity contribution is 0.0379. The van der Waals surface area contributed by atoms with Gasteiger partial charge in [-0.3, -0.25) is 0 Å². The summed E-state index contributed by atoms with van der Waals surface area (Å²) in [6, 6.07) is 9.01. The number of nitrogens with zero attached hydrogens (tertiary/aromatic N) is 3. The third kappa shape index (κ3) is 2.85. The Bertz CT molecular complexity index is 598. The summed E-state index contributed by atoms with van der Waals surface area (Å²) in [5.74, 6) is -2.75. The summed E-state index contributed by atoms with van der Waals surface area (Å²) in [4.78, 5) is 10.1. The van der Waals surface area contributed by atoms with E-state index in [0.29, 0.717) is 5.95 Å². The molecule has 1 N–H and O–H groups in total. The summed E-state index contributed by atoms with van der Waals surface area (Å²) in [5.41, 5.74) is -0.327. The van der Waals surface area contributed by atoms with Crippen LogP contribution in [0.2, 0.25) is 0 Å². The molecule has 0 amide bonds. The molecule has 4 nitrogen and oxygen atoms in total. The first-order valence-electron chi connectivity index (χ1n) is 6.90. The van der Waals surface area contributed by atoms with Gasteiger partial charge < -0.3 is 10.2 Å². The molecule has 1 aliphatic heterocycles. The Kier molecular flexibility index (Phi) is 3.79. The van der Waals surface area contributed by atoms with Crippen LogP contribution in [0.5, 0.6) is 0 Å². The molecule has 1 aromatic heterocycles. The van der Waals surface area contributed by atoms with E-state index in [0.717, 1.165) is 26.2 Å². The van der Waals surface area contributed by atoms with Crippen molar-refractivity contribution in [3.05, 3.63) is 53.9 Å². The fraction of sp³-hybridized carbons (Fsp3) is 0.333. The second-order valence-corrected chi connectivity index (χ2v) is 4.92. The Hall–Kier alpha value is -2.08. The first-order valence-corrected chi connectivity index (χ1v) is 6.90. The van der Waals surface area contributed by atoms with E-state index in [2.05, 4.69) is 15.3 Å². The molecule has 0 bridgehead atoms. The fourth-order valence-electron chi connectivity index (χ4n) is 2.34. The second kappa shape index (κ2) is 5.73. The number of piperazine rings is 1. The van der Waals surface area contributed by atoms with Crippen molar-refractivity contribution >= 4 is 5.95 Å². The summed E-state index contributed by atoms with van der Waals surface area (Å²) < 4.78 is 29.0. The van der Waals surface area contributed by atoms with Gasteiger partial charge in [0.2, 0.25) is 5.95 Å². The van der Waals surface area contributed by atoms with E-state index in [1.165, 1.54) is 24.4 Å². The summed E-state index contributed by atoms with van der Waals surface area (Å²) in [7, 11) is 0. The van der Waals surface area contributed by atoms with Crippen LogP contribution in [0.4, 0.5) is 14.7 Å². The summed E-state index contributed by atoms with van der Waals surface area (Å²) in [5, 5.41) is 3.21. The highest BCUT2D eigenvalue weighted by Crippen LogP contribution is 2.34. The SMILES string of the molecule is FC(F)(c1ccccc1)c1ccnc(N2CCNCC2)n1. The van der Waals surface area contributed by atoms with Crippen LogP contribution in [-0.4, -0.2) is 36.1 Å². The molecule has 1 saturated heterocycles. The van der Waals surface area contributed by atoms with Gasteiger partial charge in [0, 0.05) is 37.9 Å². The van der Waals surface area contributed by atoms with Crippen molar-refractivity contribution in [3.63, 3.8) is 0 Å². The van der Waals surface area contributed by atoms with E-state index >= 15 is 0 Å². The van der Waals surface area contributed by atoms with Gasteiger partial charge in [-0.1, -0.05) is 30.3 Å². The Morgan fingerprint density at radius 1 is 1.05 bits per heavy atom. The predicted octanol–water partition coefficient (Wildman–Crippen LogP) is 2.03. The molecule has 0 saturated carbocycles. The zero-order valence-electron chi connectivity index (χ0n) is 11.5. The number of nitrogens with one attached hydrogen (secondary N) is 1. The molecule has 0 aliphatic carbocycles. The van der Waals surface area contributed by atoms with Crippen molar-refractivity contribution in [1.82, 2.24) is 15.3 Å². The minimum absolute atomic E-state index is 0.0602. The van der Waals surface area contributed by atoms with Crippen molar-refractivity contribution in [2.75, 3.05) is 31.1 Å². The quantitative estimate of drug-likeness (QED) is 0.939. The van der Waals surface area contributed by atoms with E-state index in [9.17, 15) is 8.78 Å². The van der Waals surface area contributed by atoms with Gasteiger partial charge in [-0.15, -0.1) is 0 Å². The monoisotopic (exact) mass is 290 g/mol. The Morgan fingerprint density at radius 2 is 1.76 bits per heavy atom. The molecule has 1 aliphatic rings. The van der Waals surface area contributed by atoms with Gasteiger partial charge in [-0.05, 0) is 6.07 Å². The number of hydrogen-bond acceptors (Lipinski definition) is 4. The van der Waals surface area contributed by atoms with E-state index < -0.39 is 5.92 Å². The maximum atomic E-state index is 14.5. The lowest BCUT2D eigenvalue weighted by Crippen LogP contribution is -2.44. The first-order chi connectivity index (χ1) is 10.2. The maximum absolute atomic E-state index is 14.5. The smallest absolute Gasteiger partial charge is 0.315 e. The van der Waals surface area contributed by atoms with Crippen molar-refractivity contribution in [2.24, 2.45) is 0 Å². The summed E-state index contributed by atoms with van der Waals surface area (Å²) >= 11 is 0. The highest BCUT2D eigenvalue weighted by molar-refractivity contribution is 5.35. The van der Waals surface area contributed by atoms with Gasteiger partial charge >= 0.3 is 5.92 Å². The molecule has 21 heavy (non-hydrogen) atoms. The molecular weight excluding hydrogens is 274 g/mol. The normalized spacial score (nSPS) is 16.0. The third-order valence-corrected chi connectivity index (χ3v) is 3.50. The summed E-state index contributed by atoms with van der Waals surface area (Å²) in [6.07, 6.45) is 1.40. The van der Waals surface area contributed by atoms with Crippen LogP contribution in [0.15, 0.2) is 42.6 Å². The van der Waals surface area contributed by atoms with Gasteiger partial charge in [-0.25, -0.2) is 9.97 Å². The van der Waals surface area contributed by atoms with Crippen LogP contribution in [0.25, 0.3) is 0 Å². The van der Waals surface area contributed by atoms with Crippen LogP contribution in [-0.2, 0) is 5.92 Å². The first kappa shape index (κ1) is 13.9. The Labute approximate surface area is 121 Å². The van der Waals surface area contributed by atoms with Crippen molar-refractivity contribution in [2.45, 2.75) is 5.92 Å². The predicted molar refractivity (Wildman–Crippen MR) is 76.6 cm³/mol. The van der Waals surface area contributed by atoms with Crippen LogP contribution >= 0.6 is 0 Å². The number of anilines is 1. The largest absolute Gasteiger partial charge is 0.338 e. The average Bonchev–Trinajstić information content (AvgIpc) is 2.57. The molecule has 0 atom stereocenters. The topological polar surface area (TPSA) is 41.1 Å². The molecule has 0 spiro atoms. The van der Waals surface area contributed by atoms with Gasteiger partial charge in [-0.2, -0.15) is 8.78 Å². The lowest BCUT2D eigenvalue weighted by Gasteiger charge is -2.28. The van der Waals surface area contributed by atoms with Gasteiger partial charge in [0.25, 0.3) is 0 Å². The minimum Gasteiger partial charge on any atom is -0.338 e. The fourth-order valence-corrected chi connectivity index (χ4v) is 2.34. The van der Waals surface area contributed by atoms with Crippen molar-refractivity contribution < 1.29 is 8.78 Å². The molecule has 0 radical (unpaired) electrons. The van der Waals surface area contributed by atoms with E-state index in [1.54, 1.807) is 18.2 Å². The molecule has 2 heterocycles. The van der Waals surface area contributed by atoms with Gasteiger partial charge in [0.1, 0.15) is 5.69 Å². The van der Waals surface area contributed by atoms with Crippen LogP contribution in [0.3, 0.4) is 0 Å². The third-order valence-electron chi connectivity index (χ3n) is 3.50. The molecule has 1 fully saturated rings. The van der Waals surface area contributed by atoms with Crippen molar-refractivity contribution in [1.29, 1.82) is 0 Å². The average molecular weight is 290 g/mol. The highest BCUT2D eigenvalue weighted by Gasteiger charge is 2.36. The molecule has 6 heteroatoms. The van der Waals surface area contributed by atoms with E-state index in [-0.39, 0.29) is 11.3 Å². The van der Waals surface area contributed by atoms with E-state index in [4.69, 9.17) is 0 Å². The lowest BCUT2D eigenvalue weighted by atomic mass is 10.1. The summed E-state index contributed by atoms with van der Waals surface area (Å²) in [6.45, 7) is 3.06. The molecule has 1 aromatic carbocycles. The number of benzene rings is 1. The van der Waals surface area contributed by atoms with Crippen LogP contribution in [0.1, 0.15) is 11.3 Å². The Balaban J connectivity index is 1.91. The molecule has 2 aromatic rings. The number of rotatable bonds is 3.